The number of carbonyl (C=O) groups is 1. The first-order valence-corrected chi connectivity index (χ1v) is 6.80. The van der Waals surface area contributed by atoms with Gasteiger partial charge in [0, 0.05) is 6.61 Å². The second-order valence-electron chi connectivity index (χ2n) is 3.74. The average Bonchev–Trinajstić information content (AvgIpc) is 2.45. The maximum atomic E-state index is 9.15. The minimum absolute atomic E-state index is 0.0700. The molecule has 0 amide bonds. The summed E-state index contributed by atoms with van der Waals surface area (Å²) in [4.78, 5) is 9.15. The number of aliphatic hydroxyl groups is 1. The second kappa shape index (κ2) is 20.4. The average molecular weight is 296 g/mol. The maximum Gasteiger partial charge on any atom is 0.505 e. The van der Waals surface area contributed by atoms with E-state index in [1.165, 1.54) is 12.8 Å². The lowest BCUT2D eigenvalue weighted by Crippen LogP contribution is -2.11. The zero-order chi connectivity index (χ0) is 15.5. The normalized spacial score (nSPS) is 9.75. The van der Waals surface area contributed by atoms with Gasteiger partial charge in [-0.3, -0.25) is 0 Å². The van der Waals surface area contributed by atoms with E-state index >= 15 is 0 Å². The minimum atomic E-state index is -1.25. The zero-order valence-corrected chi connectivity index (χ0v) is 12.5. The van der Waals surface area contributed by atoms with Gasteiger partial charge in [-0.05, 0) is 6.42 Å². The molecule has 0 aromatic carbocycles. The molecule has 122 valence electrons. The second-order valence-corrected chi connectivity index (χ2v) is 3.74. The zero-order valence-electron chi connectivity index (χ0n) is 12.5. The molecule has 0 unspecified atom stereocenters. The van der Waals surface area contributed by atoms with Gasteiger partial charge in [-0.1, -0.05) is 19.8 Å². The van der Waals surface area contributed by atoms with E-state index in [-0.39, 0.29) is 6.61 Å². The van der Waals surface area contributed by atoms with Crippen LogP contribution in [0.3, 0.4) is 0 Å². The van der Waals surface area contributed by atoms with Crippen molar-refractivity contribution in [1.29, 1.82) is 0 Å². The molecule has 0 saturated carbocycles. The standard InChI is InChI=1S/C11H24O4.C2H4O3/c1-2-3-4-6-13-8-10-15-11-9-14-7-5-12;1-5-2(3)4/h12H,2-11H2,1H3;1H3,(H,3,4). The molecule has 0 fully saturated rings. The van der Waals surface area contributed by atoms with Crippen LogP contribution in [0, 0.1) is 0 Å². The summed E-state index contributed by atoms with van der Waals surface area (Å²) < 4.78 is 19.3. The Labute approximate surface area is 120 Å². The fraction of sp³-hybridized carbons (Fsp3) is 0.923. The molecule has 0 aliphatic carbocycles. The molecule has 0 aliphatic rings. The van der Waals surface area contributed by atoms with Gasteiger partial charge in [-0.15, -0.1) is 0 Å². The maximum absolute atomic E-state index is 9.15. The van der Waals surface area contributed by atoms with E-state index in [0.717, 1.165) is 20.1 Å². The van der Waals surface area contributed by atoms with Gasteiger partial charge in [0.15, 0.2) is 0 Å². The number of hydrogen-bond donors (Lipinski definition) is 2. The molecular formula is C13H28O7. The van der Waals surface area contributed by atoms with Gasteiger partial charge in [0.05, 0.1) is 46.8 Å². The van der Waals surface area contributed by atoms with Crippen LogP contribution in [0.2, 0.25) is 0 Å². The third kappa shape index (κ3) is 25.8. The van der Waals surface area contributed by atoms with Crippen LogP contribution in [0.1, 0.15) is 26.2 Å². The Morgan fingerprint density at radius 2 is 1.35 bits per heavy atom. The van der Waals surface area contributed by atoms with Crippen molar-refractivity contribution < 1.29 is 34.0 Å². The highest BCUT2D eigenvalue weighted by molar-refractivity contribution is 5.56. The predicted octanol–water partition coefficient (Wildman–Crippen LogP) is 1.53. The van der Waals surface area contributed by atoms with Gasteiger partial charge in [0.1, 0.15) is 0 Å². The Bertz CT molecular complexity index is 176. The van der Waals surface area contributed by atoms with Crippen LogP contribution in [0.25, 0.3) is 0 Å². The van der Waals surface area contributed by atoms with Crippen LogP contribution >= 0.6 is 0 Å². The smallest absolute Gasteiger partial charge is 0.450 e. The lowest BCUT2D eigenvalue weighted by molar-refractivity contribution is 0.00723. The molecule has 0 aliphatic heterocycles. The summed E-state index contributed by atoms with van der Waals surface area (Å²) in [7, 11) is 1.10. The van der Waals surface area contributed by atoms with Crippen molar-refractivity contribution in [2.24, 2.45) is 0 Å². The Morgan fingerprint density at radius 3 is 1.75 bits per heavy atom. The van der Waals surface area contributed by atoms with E-state index in [1.54, 1.807) is 0 Å². The van der Waals surface area contributed by atoms with E-state index in [9.17, 15) is 0 Å². The molecule has 2 N–H and O–H groups in total. The van der Waals surface area contributed by atoms with Gasteiger partial charge >= 0.3 is 6.16 Å². The third-order valence-corrected chi connectivity index (χ3v) is 2.05. The SMILES string of the molecule is CCCCCOCCOCCOCCO.COC(=O)O. The summed E-state index contributed by atoms with van der Waals surface area (Å²) in [6.07, 6.45) is 2.35. The largest absolute Gasteiger partial charge is 0.505 e. The molecule has 0 aromatic heterocycles. The number of carboxylic acid groups (broad SMARTS) is 1. The van der Waals surface area contributed by atoms with E-state index in [0.29, 0.717) is 33.0 Å². The van der Waals surface area contributed by atoms with Crippen LogP contribution < -0.4 is 0 Å². The molecule has 0 rings (SSSR count). The fourth-order valence-electron chi connectivity index (χ4n) is 1.06. The van der Waals surface area contributed by atoms with E-state index < -0.39 is 6.16 Å². The highest BCUT2D eigenvalue weighted by atomic mass is 16.6. The summed E-state index contributed by atoms with van der Waals surface area (Å²) in [6.45, 7) is 5.85. The Morgan fingerprint density at radius 1 is 0.900 bits per heavy atom. The number of rotatable bonds is 12. The topological polar surface area (TPSA) is 94.5 Å². The molecule has 0 heterocycles. The van der Waals surface area contributed by atoms with E-state index in [2.05, 4.69) is 11.7 Å². The quantitative estimate of drug-likeness (QED) is 0.416. The molecule has 7 heteroatoms. The Kier molecular flexibility index (Phi) is 21.9. The molecule has 7 nitrogen and oxygen atoms in total. The minimum Gasteiger partial charge on any atom is -0.450 e. The molecule has 0 radical (unpaired) electrons. The van der Waals surface area contributed by atoms with Crippen LogP contribution in [0.15, 0.2) is 0 Å². The molecule has 0 spiro atoms. The first-order chi connectivity index (χ1) is 9.68. The van der Waals surface area contributed by atoms with Crippen molar-refractivity contribution in [2.45, 2.75) is 26.2 Å². The van der Waals surface area contributed by atoms with Gasteiger partial charge in [0.25, 0.3) is 0 Å². The predicted molar refractivity (Wildman–Crippen MR) is 74.1 cm³/mol. The summed E-state index contributed by atoms with van der Waals surface area (Å²) in [5.41, 5.74) is 0. The van der Waals surface area contributed by atoms with Crippen molar-refractivity contribution in [3.05, 3.63) is 0 Å². The molecular weight excluding hydrogens is 268 g/mol. The monoisotopic (exact) mass is 296 g/mol. The lowest BCUT2D eigenvalue weighted by Gasteiger charge is -2.05. The summed E-state index contributed by atoms with van der Waals surface area (Å²) in [5.74, 6) is 0. The Balaban J connectivity index is 0. The highest BCUT2D eigenvalue weighted by Gasteiger charge is 1.91. The first-order valence-electron chi connectivity index (χ1n) is 6.80. The van der Waals surface area contributed by atoms with Gasteiger partial charge in [-0.2, -0.15) is 0 Å². The number of hydrogen-bond acceptors (Lipinski definition) is 6. The van der Waals surface area contributed by atoms with E-state index in [4.69, 9.17) is 29.2 Å². The summed E-state index contributed by atoms with van der Waals surface area (Å²) in [6, 6.07) is 0. The van der Waals surface area contributed by atoms with E-state index in [1.807, 2.05) is 0 Å². The molecule has 0 aromatic rings. The van der Waals surface area contributed by atoms with Crippen LogP contribution in [-0.2, 0) is 18.9 Å². The fourth-order valence-corrected chi connectivity index (χ4v) is 1.06. The van der Waals surface area contributed by atoms with Crippen LogP contribution in [-0.4, -0.2) is 69.7 Å². The number of ether oxygens (including phenoxy) is 4. The van der Waals surface area contributed by atoms with Crippen LogP contribution in [0.4, 0.5) is 4.79 Å². The Hall–Kier alpha value is -0.890. The summed E-state index contributed by atoms with van der Waals surface area (Å²) in [5, 5.41) is 15.9. The molecule has 0 bridgehead atoms. The summed E-state index contributed by atoms with van der Waals surface area (Å²) >= 11 is 0. The van der Waals surface area contributed by atoms with Crippen molar-refractivity contribution in [1.82, 2.24) is 0 Å². The third-order valence-electron chi connectivity index (χ3n) is 2.05. The van der Waals surface area contributed by atoms with Crippen molar-refractivity contribution >= 4 is 6.16 Å². The molecule has 0 atom stereocenters. The molecule has 20 heavy (non-hydrogen) atoms. The van der Waals surface area contributed by atoms with Gasteiger partial charge in [0.2, 0.25) is 0 Å². The lowest BCUT2D eigenvalue weighted by atomic mass is 10.3. The van der Waals surface area contributed by atoms with Gasteiger partial charge in [-0.25, -0.2) is 4.79 Å². The molecule has 0 saturated heterocycles. The van der Waals surface area contributed by atoms with Gasteiger partial charge < -0.3 is 29.2 Å². The van der Waals surface area contributed by atoms with Crippen molar-refractivity contribution in [2.75, 3.05) is 53.4 Å². The van der Waals surface area contributed by atoms with Crippen LogP contribution in [0.5, 0.6) is 0 Å². The van der Waals surface area contributed by atoms with Crippen molar-refractivity contribution in [3.63, 3.8) is 0 Å². The number of methoxy groups -OCH3 is 1. The highest BCUT2D eigenvalue weighted by Crippen LogP contribution is 1.93. The number of aliphatic hydroxyl groups excluding tert-OH is 1. The first kappa shape index (κ1) is 21.4. The number of unbranched alkanes of at least 4 members (excludes halogenated alkanes) is 2. The van der Waals surface area contributed by atoms with Crippen molar-refractivity contribution in [3.8, 4) is 0 Å².